The number of anilines is 2. The van der Waals surface area contributed by atoms with Crippen LogP contribution < -0.4 is 10.2 Å². The van der Waals surface area contributed by atoms with Crippen molar-refractivity contribution in [3.63, 3.8) is 0 Å². The van der Waals surface area contributed by atoms with Gasteiger partial charge in [-0.05, 0) is 37.1 Å². The zero-order valence-electron chi connectivity index (χ0n) is 13.6. The van der Waals surface area contributed by atoms with E-state index < -0.39 is 0 Å². The van der Waals surface area contributed by atoms with E-state index in [0.717, 1.165) is 42.7 Å². The van der Waals surface area contributed by atoms with Gasteiger partial charge in [0.05, 0.1) is 16.2 Å². The number of amides is 1. The van der Waals surface area contributed by atoms with Gasteiger partial charge in [-0.3, -0.25) is 4.79 Å². The summed E-state index contributed by atoms with van der Waals surface area (Å²) in [6, 6.07) is 14.9. The molecule has 0 radical (unpaired) electrons. The summed E-state index contributed by atoms with van der Waals surface area (Å²) in [5.74, 6) is 0.618. The van der Waals surface area contributed by atoms with E-state index in [-0.39, 0.29) is 11.7 Å². The van der Waals surface area contributed by atoms with E-state index in [1.54, 1.807) is 12.1 Å². The van der Waals surface area contributed by atoms with Crippen LogP contribution >= 0.6 is 11.6 Å². The Morgan fingerprint density at radius 2 is 1.72 bits per heavy atom. The van der Waals surface area contributed by atoms with E-state index in [4.69, 9.17) is 11.6 Å². The first-order valence-electron chi connectivity index (χ1n) is 8.30. The summed E-state index contributed by atoms with van der Waals surface area (Å²) in [5, 5.41) is 4.25. The fourth-order valence-electron chi connectivity index (χ4n) is 3.07. The Balaban J connectivity index is 1.74. The zero-order chi connectivity index (χ0) is 17.2. The molecule has 4 rings (SSSR count). The first-order chi connectivity index (χ1) is 12.2. The van der Waals surface area contributed by atoms with Crippen LogP contribution in [0.4, 0.5) is 11.5 Å². The summed E-state index contributed by atoms with van der Waals surface area (Å²) in [7, 11) is 0. The van der Waals surface area contributed by atoms with Crippen molar-refractivity contribution in [3.8, 4) is 0 Å². The minimum absolute atomic E-state index is 0.153. The Kier molecular flexibility index (Phi) is 4.24. The van der Waals surface area contributed by atoms with Crippen LogP contribution in [0.25, 0.3) is 10.9 Å². The molecule has 0 bridgehead atoms. The molecule has 1 fully saturated rings. The molecule has 1 aliphatic rings. The number of aromatic nitrogens is 2. The second-order valence-corrected chi connectivity index (χ2v) is 6.42. The lowest BCUT2D eigenvalue weighted by molar-refractivity contribution is 0.101. The van der Waals surface area contributed by atoms with Gasteiger partial charge in [-0.1, -0.05) is 35.9 Å². The maximum Gasteiger partial charge on any atom is 0.293 e. The quantitative estimate of drug-likeness (QED) is 0.769. The smallest absolute Gasteiger partial charge is 0.293 e. The van der Waals surface area contributed by atoms with Gasteiger partial charge in [0, 0.05) is 18.5 Å². The fourth-order valence-corrected chi connectivity index (χ4v) is 3.26. The van der Waals surface area contributed by atoms with E-state index in [0.29, 0.717) is 10.7 Å². The van der Waals surface area contributed by atoms with Crippen LogP contribution in [0.1, 0.15) is 23.5 Å². The lowest BCUT2D eigenvalue weighted by atomic mass is 10.2. The Hall–Kier alpha value is -2.66. The molecular weight excluding hydrogens is 336 g/mol. The molecule has 6 heteroatoms. The molecule has 5 nitrogen and oxygen atoms in total. The van der Waals surface area contributed by atoms with Crippen molar-refractivity contribution in [2.24, 2.45) is 0 Å². The van der Waals surface area contributed by atoms with Crippen LogP contribution in [0.15, 0.2) is 48.5 Å². The number of hydrogen-bond acceptors (Lipinski definition) is 4. The summed E-state index contributed by atoms with van der Waals surface area (Å²) >= 11 is 6.12. The summed E-state index contributed by atoms with van der Waals surface area (Å²) in [6.07, 6.45) is 2.28. The predicted octanol–water partition coefficient (Wildman–Crippen LogP) is 4.14. The molecule has 1 N–H and O–H groups in total. The van der Waals surface area contributed by atoms with Crippen LogP contribution in [0.3, 0.4) is 0 Å². The van der Waals surface area contributed by atoms with E-state index >= 15 is 0 Å². The maximum atomic E-state index is 12.7. The molecule has 25 heavy (non-hydrogen) atoms. The lowest BCUT2D eigenvalue weighted by Crippen LogP contribution is -2.23. The van der Waals surface area contributed by atoms with Crippen molar-refractivity contribution in [3.05, 3.63) is 59.4 Å². The molecule has 0 atom stereocenters. The summed E-state index contributed by atoms with van der Waals surface area (Å²) in [6.45, 7) is 1.90. The van der Waals surface area contributed by atoms with E-state index in [2.05, 4.69) is 20.2 Å². The van der Waals surface area contributed by atoms with Gasteiger partial charge in [0.2, 0.25) is 5.82 Å². The zero-order valence-corrected chi connectivity index (χ0v) is 14.3. The number of nitrogens with one attached hydrogen (secondary N) is 1. The van der Waals surface area contributed by atoms with Gasteiger partial charge in [-0.15, -0.1) is 0 Å². The molecule has 2 aromatic carbocycles. The number of benzene rings is 2. The molecule has 1 aliphatic heterocycles. The molecule has 0 spiro atoms. The van der Waals surface area contributed by atoms with E-state index in [1.165, 1.54) is 0 Å². The molecule has 0 aliphatic carbocycles. The molecule has 3 aromatic rings. The molecule has 0 unspecified atom stereocenters. The highest BCUT2D eigenvalue weighted by atomic mass is 35.5. The van der Waals surface area contributed by atoms with Crippen LogP contribution in [-0.4, -0.2) is 29.0 Å². The first-order valence-corrected chi connectivity index (χ1v) is 8.68. The second-order valence-electron chi connectivity index (χ2n) is 6.02. The number of para-hydroxylation sites is 2. The number of fused-ring (bicyclic) bond motifs is 1. The van der Waals surface area contributed by atoms with Crippen molar-refractivity contribution in [1.29, 1.82) is 0 Å². The van der Waals surface area contributed by atoms with E-state index in [9.17, 15) is 4.79 Å². The molecule has 126 valence electrons. The summed E-state index contributed by atoms with van der Waals surface area (Å²) in [4.78, 5) is 23.9. The van der Waals surface area contributed by atoms with Gasteiger partial charge in [0.15, 0.2) is 0 Å². The largest absolute Gasteiger partial charge is 0.356 e. The highest BCUT2D eigenvalue weighted by Crippen LogP contribution is 2.27. The van der Waals surface area contributed by atoms with Gasteiger partial charge < -0.3 is 10.2 Å². The van der Waals surface area contributed by atoms with Crippen LogP contribution in [0.5, 0.6) is 0 Å². The monoisotopic (exact) mass is 352 g/mol. The highest BCUT2D eigenvalue weighted by Gasteiger charge is 2.20. The average molecular weight is 353 g/mol. The fraction of sp³-hybridized carbons (Fsp3) is 0.211. The van der Waals surface area contributed by atoms with Crippen molar-refractivity contribution >= 4 is 39.9 Å². The van der Waals surface area contributed by atoms with Crippen molar-refractivity contribution in [2.75, 3.05) is 23.3 Å². The Morgan fingerprint density at radius 3 is 2.52 bits per heavy atom. The SMILES string of the molecule is O=C(Nc1ccccc1Cl)c1nc(N2CCCC2)c2ccccc2n1. The van der Waals surface area contributed by atoms with Gasteiger partial charge >= 0.3 is 0 Å². The molecule has 1 amide bonds. The topological polar surface area (TPSA) is 58.1 Å². The number of carbonyl (C=O) groups excluding carboxylic acids is 1. The Morgan fingerprint density at radius 1 is 1.00 bits per heavy atom. The molecule has 1 aromatic heterocycles. The lowest BCUT2D eigenvalue weighted by Gasteiger charge is -2.19. The third-order valence-corrected chi connectivity index (χ3v) is 4.64. The normalized spacial score (nSPS) is 14.0. The summed E-state index contributed by atoms with van der Waals surface area (Å²) < 4.78 is 0. The summed E-state index contributed by atoms with van der Waals surface area (Å²) in [5.41, 5.74) is 1.32. The van der Waals surface area contributed by atoms with Crippen molar-refractivity contribution in [2.45, 2.75) is 12.8 Å². The van der Waals surface area contributed by atoms with Crippen LogP contribution in [0, 0.1) is 0 Å². The van der Waals surface area contributed by atoms with Gasteiger partial charge in [-0.2, -0.15) is 0 Å². The minimum atomic E-state index is -0.362. The second kappa shape index (κ2) is 6.69. The molecule has 2 heterocycles. The molecular formula is C19H17ClN4O. The van der Waals surface area contributed by atoms with Crippen molar-refractivity contribution in [1.82, 2.24) is 9.97 Å². The first kappa shape index (κ1) is 15.8. The number of halogens is 1. The number of carbonyl (C=O) groups is 1. The van der Waals surface area contributed by atoms with Crippen molar-refractivity contribution < 1.29 is 4.79 Å². The van der Waals surface area contributed by atoms with Gasteiger partial charge in [0.1, 0.15) is 5.82 Å². The van der Waals surface area contributed by atoms with E-state index in [1.807, 2.05) is 36.4 Å². The van der Waals surface area contributed by atoms with Gasteiger partial charge in [-0.25, -0.2) is 9.97 Å². The number of rotatable bonds is 3. The third kappa shape index (κ3) is 3.15. The Bertz CT molecular complexity index is 938. The average Bonchev–Trinajstić information content (AvgIpc) is 3.17. The number of hydrogen-bond donors (Lipinski definition) is 1. The van der Waals surface area contributed by atoms with Crippen LogP contribution in [0.2, 0.25) is 5.02 Å². The van der Waals surface area contributed by atoms with Gasteiger partial charge in [0.25, 0.3) is 5.91 Å². The third-order valence-electron chi connectivity index (χ3n) is 4.31. The number of nitrogens with zero attached hydrogens (tertiary/aromatic N) is 3. The molecule has 0 saturated carbocycles. The predicted molar refractivity (Wildman–Crippen MR) is 100 cm³/mol. The maximum absolute atomic E-state index is 12.7. The van der Waals surface area contributed by atoms with Crippen LogP contribution in [-0.2, 0) is 0 Å². The Labute approximate surface area is 150 Å². The standard InChI is InChI=1S/C19H17ClN4O/c20-14-8-2-4-10-16(14)22-19(25)17-21-15-9-3-1-7-13(15)18(23-17)24-11-5-6-12-24/h1-4,7-10H,5-6,11-12H2,(H,22,25). The highest BCUT2D eigenvalue weighted by molar-refractivity contribution is 6.33. The minimum Gasteiger partial charge on any atom is -0.356 e. The molecule has 1 saturated heterocycles.